The number of likely N-dealkylation sites (tertiary alicyclic amines) is 1. The lowest BCUT2D eigenvalue weighted by Gasteiger charge is -2.57. The molecule has 2 saturated carbocycles. The molecule has 1 heterocycles. The van der Waals surface area contributed by atoms with Gasteiger partial charge in [-0.3, -0.25) is 9.59 Å². The SMILES string of the molecule is CC(C)CN(C[C@@H]1[C@@H](c2ccccc2)[C@H](CO)N1C(=O)C1CCC1)C(=O)C1CC1. The maximum absolute atomic E-state index is 13.2. The van der Waals surface area contributed by atoms with Crippen molar-refractivity contribution < 1.29 is 14.7 Å². The smallest absolute Gasteiger partial charge is 0.226 e. The minimum Gasteiger partial charge on any atom is -0.394 e. The van der Waals surface area contributed by atoms with Crippen molar-refractivity contribution in [1.29, 1.82) is 0 Å². The molecule has 5 heteroatoms. The van der Waals surface area contributed by atoms with Crippen LogP contribution in [-0.4, -0.2) is 58.5 Å². The predicted octanol–water partition coefficient (Wildman–Crippen LogP) is 3.04. The highest BCUT2D eigenvalue weighted by molar-refractivity contribution is 5.83. The summed E-state index contributed by atoms with van der Waals surface area (Å²) in [6.07, 6.45) is 4.99. The standard InChI is InChI=1S/C24H34N2O3/c1-16(2)13-25(23(28)19-11-12-19)14-20-22(17-7-4-3-5-8-17)21(15-27)26(20)24(29)18-9-6-10-18/h3-5,7-8,16,18-22,27H,6,9-15H2,1-2H3/t20-,21+,22-/m1/s1. The molecule has 1 aliphatic heterocycles. The third kappa shape index (κ3) is 4.07. The molecule has 5 nitrogen and oxygen atoms in total. The highest BCUT2D eigenvalue weighted by Gasteiger charge is 2.53. The molecule has 3 atom stereocenters. The number of hydrogen-bond acceptors (Lipinski definition) is 3. The Balaban J connectivity index is 1.60. The Morgan fingerprint density at radius 3 is 2.28 bits per heavy atom. The Morgan fingerprint density at radius 1 is 1.07 bits per heavy atom. The van der Waals surface area contributed by atoms with Gasteiger partial charge in [0.15, 0.2) is 0 Å². The van der Waals surface area contributed by atoms with Crippen molar-refractivity contribution in [2.24, 2.45) is 17.8 Å². The summed E-state index contributed by atoms with van der Waals surface area (Å²) < 4.78 is 0. The van der Waals surface area contributed by atoms with Crippen molar-refractivity contribution in [1.82, 2.24) is 9.80 Å². The van der Waals surface area contributed by atoms with Crippen molar-refractivity contribution in [3.63, 3.8) is 0 Å². The van der Waals surface area contributed by atoms with Gasteiger partial charge in [0.2, 0.25) is 11.8 Å². The van der Waals surface area contributed by atoms with E-state index in [4.69, 9.17) is 0 Å². The van der Waals surface area contributed by atoms with Gasteiger partial charge in [-0.05, 0) is 37.2 Å². The van der Waals surface area contributed by atoms with Crippen LogP contribution in [0, 0.1) is 17.8 Å². The first-order chi connectivity index (χ1) is 14.0. The number of benzene rings is 1. The van der Waals surface area contributed by atoms with E-state index >= 15 is 0 Å². The van der Waals surface area contributed by atoms with Gasteiger partial charge >= 0.3 is 0 Å². The average molecular weight is 399 g/mol. The first-order valence-corrected chi connectivity index (χ1v) is 11.3. The largest absolute Gasteiger partial charge is 0.394 e. The molecule has 158 valence electrons. The Morgan fingerprint density at radius 2 is 1.76 bits per heavy atom. The van der Waals surface area contributed by atoms with Crippen molar-refractivity contribution in [2.45, 2.75) is 64.0 Å². The minimum absolute atomic E-state index is 0.0325. The fourth-order valence-corrected chi connectivity index (χ4v) is 4.97. The fraction of sp³-hybridized carbons (Fsp3) is 0.667. The summed E-state index contributed by atoms with van der Waals surface area (Å²) in [5.74, 6) is 1.16. The van der Waals surface area contributed by atoms with E-state index in [-0.39, 0.29) is 48.3 Å². The summed E-state index contributed by atoms with van der Waals surface area (Å²) in [4.78, 5) is 30.1. The summed E-state index contributed by atoms with van der Waals surface area (Å²) in [6, 6.07) is 9.94. The van der Waals surface area contributed by atoms with E-state index in [2.05, 4.69) is 26.0 Å². The molecular formula is C24H34N2O3. The summed E-state index contributed by atoms with van der Waals surface area (Å²) >= 11 is 0. The van der Waals surface area contributed by atoms with Gasteiger partial charge in [-0.1, -0.05) is 50.6 Å². The Bertz CT molecular complexity index is 727. The van der Waals surface area contributed by atoms with E-state index in [0.717, 1.165) is 44.2 Å². The molecule has 0 aromatic heterocycles. The topological polar surface area (TPSA) is 60.9 Å². The zero-order valence-electron chi connectivity index (χ0n) is 17.7. The van der Waals surface area contributed by atoms with Crippen LogP contribution in [0.25, 0.3) is 0 Å². The van der Waals surface area contributed by atoms with E-state index in [9.17, 15) is 14.7 Å². The van der Waals surface area contributed by atoms with Crippen molar-refractivity contribution in [3.8, 4) is 0 Å². The Labute approximate surface area is 174 Å². The maximum Gasteiger partial charge on any atom is 0.226 e. The monoisotopic (exact) mass is 398 g/mol. The summed E-state index contributed by atoms with van der Waals surface area (Å²) in [5.41, 5.74) is 1.15. The molecule has 2 amide bonds. The number of aliphatic hydroxyl groups is 1. The van der Waals surface area contributed by atoms with E-state index in [0.29, 0.717) is 12.5 Å². The lowest BCUT2D eigenvalue weighted by Crippen LogP contribution is -2.70. The van der Waals surface area contributed by atoms with Gasteiger partial charge in [-0.15, -0.1) is 0 Å². The van der Waals surface area contributed by atoms with Crippen LogP contribution in [0.4, 0.5) is 0 Å². The van der Waals surface area contributed by atoms with Gasteiger partial charge in [-0.25, -0.2) is 0 Å². The van der Waals surface area contributed by atoms with Gasteiger partial charge in [0.25, 0.3) is 0 Å². The first-order valence-electron chi connectivity index (χ1n) is 11.3. The molecule has 1 N–H and O–H groups in total. The number of carbonyl (C=O) groups is 2. The van der Waals surface area contributed by atoms with Crippen LogP contribution in [0.3, 0.4) is 0 Å². The predicted molar refractivity (Wildman–Crippen MR) is 112 cm³/mol. The molecule has 0 radical (unpaired) electrons. The van der Waals surface area contributed by atoms with Crippen LogP contribution in [-0.2, 0) is 9.59 Å². The van der Waals surface area contributed by atoms with Gasteiger partial charge in [-0.2, -0.15) is 0 Å². The molecular weight excluding hydrogens is 364 g/mol. The Hall–Kier alpha value is -1.88. The van der Waals surface area contributed by atoms with Crippen LogP contribution in [0.2, 0.25) is 0 Å². The van der Waals surface area contributed by atoms with Crippen molar-refractivity contribution >= 4 is 11.8 Å². The second kappa shape index (κ2) is 8.47. The van der Waals surface area contributed by atoms with E-state index in [1.165, 1.54) is 0 Å². The van der Waals surface area contributed by atoms with E-state index in [1.807, 2.05) is 28.0 Å². The van der Waals surface area contributed by atoms with Crippen LogP contribution in [0.15, 0.2) is 30.3 Å². The number of aliphatic hydroxyl groups excluding tert-OH is 1. The molecule has 1 aromatic carbocycles. The second-order valence-electron chi connectivity index (χ2n) is 9.54. The third-order valence-electron chi connectivity index (χ3n) is 6.86. The average Bonchev–Trinajstić information content (AvgIpc) is 3.47. The fourth-order valence-electron chi connectivity index (χ4n) is 4.97. The molecule has 0 spiro atoms. The normalized spacial score (nSPS) is 26.8. The molecule has 3 fully saturated rings. The number of carbonyl (C=O) groups excluding carboxylic acids is 2. The molecule has 0 unspecified atom stereocenters. The third-order valence-corrected chi connectivity index (χ3v) is 6.86. The van der Waals surface area contributed by atoms with Crippen LogP contribution in [0.1, 0.15) is 57.4 Å². The number of amides is 2. The van der Waals surface area contributed by atoms with Crippen LogP contribution >= 0.6 is 0 Å². The highest BCUT2D eigenvalue weighted by Crippen LogP contribution is 2.44. The maximum atomic E-state index is 13.2. The first kappa shape index (κ1) is 20.4. The minimum atomic E-state index is -0.188. The van der Waals surface area contributed by atoms with Gasteiger partial charge < -0.3 is 14.9 Å². The van der Waals surface area contributed by atoms with Gasteiger partial charge in [0.05, 0.1) is 18.7 Å². The lowest BCUT2D eigenvalue weighted by molar-refractivity contribution is -0.161. The van der Waals surface area contributed by atoms with Gasteiger partial charge in [0, 0.05) is 30.8 Å². The molecule has 0 bridgehead atoms. The second-order valence-corrected chi connectivity index (χ2v) is 9.54. The molecule has 2 aliphatic carbocycles. The van der Waals surface area contributed by atoms with Crippen molar-refractivity contribution in [3.05, 3.63) is 35.9 Å². The Kier molecular flexibility index (Phi) is 5.95. The molecule has 1 saturated heterocycles. The quantitative estimate of drug-likeness (QED) is 0.732. The van der Waals surface area contributed by atoms with E-state index in [1.54, 1.807) is 0 Å². The zero-order chi connectivity index (χ0) is 20.5. The molecule has 29 heavy (non-hydrogen) atoms. The number of rotatable bonds is 8. The molecule has 4 rings (SSSR count). The molecule has 3 aliphatic rings. The number of hydrogen-bond donors (Lipinski definition) is 1. The summed E-state index contributed by atoms with van der Waals surface area (Å²) in [5, 5.41) is 10.1. The summed E-state index contributed by atoms with van der Waals surface area (Å²) in [6.45, 7) is 5.53. The van der Waals surface area contributed by atoms with E-state index < -0.39 is 0 Å². The van der Waals surface area contributed by atoms with Gasteiger partial charge in [0.1, 0.15) is 0 Å². The van der Waals surface area contributed by atoms with Crippen LogP contribution < -0.4 is 0 Å². The summed E-state index contributed by atoms with van der Waals surface area (Å²) in [7, 11) is 0. The van der Waals surface area contributed by atoms with Crippen LogP contribution in [0.5, 0.6) is 0 Å². The number of nitrogens with zero attached hydrogens (tertiary/aromatic N) is 2. The molecule has 1 aromatic rings. The highest BCUT2D eigenvalue weighted by atomic mass is 16.3. The zero-order valence-corrected chi connectivity index (χ0v) is 17.7. The van der Waals surface area contributed by atoms with Crippen molar-refractivity contribution in [2.75, 3.05) is 19.7 Å². The lowest BCUT2D eigenvalue weighted by atomic mass is 9.72.